The van der Waals surface area contributed by atoms with Gasteiger partial charge in [-0.05, 0) is 12.1 Å². The van der Waals surface area contributed by atoms with Gasteiger partial charge in [-0.25, -0.2) is 9.78 Å². The number of carboxylic acid groups (broad SMARTS) is 2. The Morgan fingerprint density at radius 1 is 1.39 bits per heavy atom. The Labute approximate surface area is 101 Å². The van der Waals surface area contributed by atoms with Crippen molar-refractivity contribution in [2.45, 2.75) is 12.5 Å². The minimum Gasteiger partial charge on any atom is -0.481 e. The van der Waals surface area contributed by atoms with Crippen molar-refractivity contribution in [2.75, 3.05) is 5.32 Å². The molecule has 7 heteroatoms. The topological polar surface area (TPSA) is 113 Å². The summed E-state index contributed by atoms with van der Waals surface area (Å²) < 4.78 is 5.14. The molecule has 0 spiro atoms. The van der Waals surface area contributed by atoms with Crippen LogP contribution in [0.25, 0.3) is 11.0 Å². The fourth-order valence-electron chi connectivity index (χ4n) is 1.55. The number of carboxylic acids is 2. The van der Waals surface area contributed by atoms with E-state index in [0.29, 0.717) is 11.0 Å². The zero-order valence-electron chi connectivity index (χ0n) is 9.16. The summed E-state index contributed by atoms with van der Waals surface area (Å²) in [6.45, 7) is 0. The van der Waals surface area contributed by atoms with Crippen molar-refractivity contribution in [1.82, 2.24) is 4.98 Å². The molecule has 0 bridgehead atoms. The lowest BCUT2D eigenvalue weighted by Crippen LogP contribution is -2.32. The van der Waals surface area contributed by atoms with E-state index in [0.717, 1.165) is 0 Å². The molecule has 2 heterocycles. The van der Waals surface area contributed by atoms with Crippen molar-refractivity contribution in [2.24, 2.45) is 0 Å². The molecule has 0 aliphatic heterocycles. The first-order chi connectivity index (χ1) is 8.58. The summed E-state index contributed by atoms with van der Waals surface area (Å²) in [4.78, 5) is 25.5. The monoisotopic (exact) mass is 250 g/mol. The molecule has 2 rings (SSSR count). The molecule has 2 aromatic rings. The van der Waals surface area contributed by atoms with Gasteiger partial charge in [0.2, 0.25) is 0 Å². The number of aromatic nitrogens is 1. The summed E-state index contributed by atoms with van der Waals surface area (Å²) in [5.41, 5.74) is 0.548. The molecule has 0 fully saturated rings. The lowest BCUT2D eigenvalue weighted by atomic mass is 10.2. The molecule has 0 aromatic carbocycles. The minimum absolute atomic E-state index is 0.287. The molecule has 94 valence electrons. The summed E-state index contributed by atoms with van der Waals surface area (Å²) in [5.74, 6) is -2.16. The Kier molecular flexibility index (Phi) is 3.13. The van der Waals surface area contributed by atoms with Crippen LogP contribution in [0.4, 0.5) is 5.82 Å². The number of furan rings is 1. The van der Waals surface area contributed by atoms with Gasteiger partial charge in [0.25, 0.3) is 0 Å². The molecular weight excluding hydrogens is 240 g/mol. The standard InChI is InChI=1S/C11H10N2O5/c14-9(15)5-7(11(16)17)13-10-6-2-4-18-8(6)1-3-12-10/h1-4,7H,5H2,(H,12,13)(H,14,15)(H,16,17). The van der Waals surface area contributed by atoms with Crippen LogP contribution in [0, 0.1) is 0 Å². The van der Waals surface area contributed by atoms with Crippen molar-refractivity contribution in [3.63, 3.8) is 0 Å². The number of anilines is 1. The number of fused-ring (bicyclic) bond motifs is 1. The first-order valence-corrected chi connectivity index (χ1v) is 5.11. The normalized spacial score (nSPS) is 12.2. The quantitative estimate of drug-likeness (QED) is 0.729. The van der Waals surface area contributed by atoms with Gasteiger partial charge >= 0.3 is 11.9 Å². The van der Waals surface area contributed by atoms with Gasteiger partial charge in [0.15, 0.2) is 0 Å². The lowest BCUT2D eigenvalue weighted by molar-refractivity contribution is -0.144. The molecule has 1 atom stereocenters. The van der Waals surface area contributed by atoms with Crippen LogP contribution >= 0.6 is 0 Å². The van der Waals surface area contributed by atoms with E-state index in [1.807, 2.05) is 0 Å². The molecule has 0 saturated carbocycles. The summed E-state index contributed by atoms with van der Waals surface area (Å²) in [5, 5.41) is 20.8. The van der Waals surface area contributed by atoms with Gasteiger partial charge in [0, 0.05) is 6.20 Å². The van der Waals surface area contributed by atoms with E-state index in [9.17, 15) is 9.59 Å². The van der Waals surface area contributed by atoms with Crippen LogP contribution in [-0.4, -0.2) is 33.2 Å². The van der Waals surface area contributed by atoms with Crippen molar-refractivity contribution in [3.8, 4) is 0 Å². The maximum Gasteiger partial charge on any atom is 0.326 e. The van der Waals surface area contributed by atoms with Crippen molar-refractivity contribution < 1.29 is 24.2 Å². The number of hydrogen-bond donors (Lipinski definition) is 3. The third kappa shape index (κ3) is 2.40. The highest BCUT2D eigenvalue weighted by atomic mass is 16.4. The minimum atomic E-state index is -1.25. The smallest absolute Gasteiger partial charge is 0.326 e. The second kappa shape index (κ2) is 4.74. The van der Waals surface area contributed by atoms with E-state index in [1.165, 1.54) is 12.5 Å². The third-order valence-corrected chi connectivity index (χ3v) is 2.37. The van der Waals surface area contributed by atoms with E-state index in [2.05, 4.69) is 10.3 Å². The number of nitrogens with zero attached hydrogens (tertiary/aromatic N) is 1. The van der Waals surface area contributed by atoms with E-state index in [1.54, 1.807) is 12.1 Å². The highest BCUT2D eigenvalue weighted by Crippen LogP contribution is 2.22. The zero-order chi connectivity index (χ0) is 13.1. The Hall–Kier alpha value is -2.57. The van der Waals surface area contributed by atoms with E-state index in [4.69, 9.17) is 14.6 Å². The highest BCUT2D eigenvalue weighted by Gasteiger charge is 2.22. The molecule has 18 heavy (non-hydrogen) atoms. The molecule has 1 unspecified atom stereocenters. The van der Waals surface area contributed by atoms with Crippen LogP contribution in [-0.2, 0) is 9.59 Å². The third-order valence-electron chi connectivity index (χ3n) is 2.37. The summed E-state index contributed by atoms with van der Waals surface area (Å²) in [6.07, 6.45) is 2.36. The number of aliphatic carboxylic acids is 2. The van der Waals surface area contributed by atoms with Crippen LogP contribution in [0.3, 0.4) is 0 Å². The van der Waals surface area contributed by atoms with Crippen LogP contribution in [0.15, 0.2) is 29.0 Å². The highest BCUT2D eigenvalue weighted by molar-refractivity contribution is 5.91. The SMILES string of the molecule is O=C(O)CC(Nc1nccc2occc12)C(=O)O. The van der Waals surface area contributed by atoms with Crippen LogP contribution in [0.2, 0.25) is 0 Å². The second-order valence-corrected chi connectivity index (χ2v) is 3.62. The molecule has 7 nitrogen and oxygen atoms in total. The Balaban J connectivity index is 2.28. The molecule has 0 aliphatic rings. The predicted molar refractivity (Wildman–Crippen MR) is 61.3 cm³/mol. The van der Waals surface area contributed by atoms with Gasteiger partial charge in [-0.2, -0.15) is 0 Å². The molecule has 0 saturated heterocycles. The molecular formula is C11H10N2O5. The fraction of sp³-hybridized carbons (Fsp3) is 0.182. The first kappa shape index (κ1) is 11.9. The first-order valence-electron chi connectivity index (χ1n) is 5.11. The van der Waals surface area contributed by atoms with Crippen LogP contribution < -0.4 is 5.32 Å². The molecule has 2 aromatic heterocycles. The zero-order valence-corrected chi connectivity index (χ0v) is 9.16. The van der Waals surface area contributed by atoms with Gasteiger partial charge in [-0.15, -0.1) is 0 Å². The van der Waals surface area contributed by atoms with Gasteiger partial charge in [-0.3, -0.25) is 4.79 Å². The number of rotatable bonds is 5. The maximum absolute atomic E-state index is 10.9. The largest absolute Gasteiger partial charge is 0.481 e. The van der Waals surface area contributed by atoms with Crippen LogP contribution in [0.1, 0.15) is 6.42 Å². The number of pyridine rings is 1. The van der Waals surface area contributed by atoms with E-state index >= 15 is 0 Å². The molecule has 3 N–H and O–H groups in total. The Morgan fingerprint density at radius 2 is 2.17 bits per heavy atom. The van der Waals surface area contributed by atoms with Gasteiger partial charge in [0.05, 0.1) is 18.1 Å². The fourth-order valence-corrected chi connectivity index (χ4v) is 1.55. The lowest BCUT2D eigenvalue weighted by Gasteiger charge is -2.13. The van der Waals surface area contributed by atoms with Gasteiger partial charge in [0.1, 0.15) is 17.4 Å². The second-order valence-electron chi connectivity index (χ2n) is 3.62. The predicted octanol–water partition coefficient (Wildman–Crippen LogP) is 1.17. The van der Waals surface area contributed by atoms with Crippen molar-refractivity contribution in [3.05, 3.63) is 24.6 Å². The summed E-state index contributed by atoms with van der Waals surface area (Å²) in [6, 6.07) is 2.02. The number of hydrogen-bond acceptors (Lipinski definition) is 5. The average molecular weight is 250 g/mol. The number of carbonyl (C=O) groups is 2. The number of nitrogens with one attached hydrogen (secondary N) is 1. The van der Waals surface area contributed by atoms with Crippen LogP contribution in [0.5, 0.6) is 0 Å². The molecule has 0 aliphatic carbocycles. The maximum atomic E-state index is 10.9. The van der Waals surface area contributed by atoms with Gasteiger partial charge in [-0.1, -0.05) is 0 Å². The van der Waals surface area contributed by atoms with E-state index in [-0.39, 0.29) is 5.82 Å². The summed E-state index contributed by atoms with van der Waals surface area (Å²) >= 11 is 0. The van der Waals surface area contributed by atoms with Crippen molar-refractivity contribution in [1.29, 1.82) is 0 Å². The summed E-state index contributed by atoms with van der Waals surface area (Å²) in [7, 11) is 0. The van der Waals surface area contributed by atoms with E-state index < -0.39 is 24.4 Å². The van der Waals surface area contributed by atoms with Crippen molar-refractivity contribution >= 4 is 28.7 Å². The molecule has 0 amide bonds. The Morgan fingerprint density at radius 3 is 2.83 bits per heavy atom. The molecule has 0 radical (unpaired) electrons. The Bertz CT molecular complexity index is 592. The van der Waals surface area contributed by atoms with Gasteiger partial charge < -0.3 is 19.9 Å². The average Bonchev–Trinajstić information content (AvgIpc) is 2.76.